The Labute approximate surface area is 170 Å². The highest BCUT2D eigenvalue weighted by atomic mass is 32.1. The van der Waals surface area contributed by atoms with Crippen LogP contribution < -0.4 is 10.2 Å². The van der Waals surface area contributed by atoms with Crippen molar-refractivity contribution in [1.82, 2.24) is 0 Å². The van der Waals surface area contributed by atoms with Gasteiger partial charge in [0.25, 0.3) is 5.91 Å². The lowest BCUT2D eigenvalue weighted by atomic mass is 9.96. The van der Waals surface area contributed by atoms with Gasteiger partial charge in [0.15, 0.2) is 0 Å². The second kappa shape index (κ2) is 9.34. The van der Waals surface area contributed by atoms with Gasteiger partial charge < -0.3 is 15.0 Å². The van der Waals surface area contributed by atoms with Crippen LogP contribution in [0.2, 0.25) is 0 Å². The lowest BCUT2D eigenvalue weighted by Crippen LogP contribution is -3.11. The number of hydrogen-bond acceptors (Lipinski definition) is 4. The van der Waals surface area contributed by atoms with E-state index in [2.05, 4.69) is 19.2 Å². The molecule has 1 aliphatic heterocycles. The molecule has 1 aromatic carbocycles. The summed E-state index contributed by atoms with van der Waals surface area (Å²) < 4.78 is 5.17. The van der Waals surface area contributed by atoms with Crippen LogP contribution in [0.1, 0.15) is 46.1 Å². The van der Waals surface area contributed by atoms with Gasteiger partial charge in [-0.3, -0.25) is 9.59 Å². The number of amides is 1. The second-order valence-electron chi connectivity index (χ2n) is 7.36. The summed E-state index contributed by atoms with van der Waals surface area (Å²) in [5.41, 5.74) is 3.14. The number of likely N-dealkylation sites (tertiary alicyclic amines) is 1. The number of hydrogen-bond donors (Lipinski definition) is 2. The molecule has 0 radical (unpaired) electrons. The molecule has 1 fully saturated rings. The Kier molecular flexibility index (Phi) is 6.86. The molecule has 1 aromatic heterocycles. The minimum absolute atomic E-state index is 0.0336. The second-order valence-corrected chi connectivity index (χ2v) is 8.59. The molecule has 0 saturated carbocycles. The summed E-state index contributed by atoms with van der Waals surface area (Å²) in [7, 11) is 0. The van der Waals surface area contributed by atoms with Gasteiger partial charge in [0.2, 0.25) is 0 Å². The molecule has 5 nitrogen and oxygen atoms in total. The van der Waals surface area contributed by atoms with Crippen molar-refractivity contribution < 1.29 is 19.2 Å². The standard InChI is InChI=1S/C22H28N2O3S/c1-4-27-22(26)18-10-12-24(13-11-18)14-19-15(2)16(3)28-21(19)23-20(25)17-8-6-5-7-9-17/h5-9,18H,4,10-14H2,1-3H3,(H,23,25)/p+1. The summed E-state index contributed by atoms with van der Waals surface area (Å²) in [6.45, 7) is 9.30. The number of benzene rings is 1. The van der Waals surface area contributed by atoms with Crippen molar-refractivity contribution >= 4 is 28.2 Å². The minimum atomic E-state index is -0.0703. The molecule has 2 heterocycles. The summed E-state index contributed by atoms with van der Waals surface area (Å²) in [4.78, 5) is 27.2. The number of carbonyl (C=O) groups excluding carboxylic acids is 2. The average Bonchev–Trinajstić information content (AvgIpc) is 2.97. The molecular weight excluding hydrogens is 372 g/mol. The number of rotatable bonds is 6. The SMILES string of the molecule is CCOC(=O)C1CC[NH+](Cc2c(NC(=O)c3ccccc3)sc(C)c2C)CC1. The smallest absolute Gasteiger partial charge is 0.309 e. The molecule has 28 heavy (non-hydrogen) atoms. The van der Waals surface area contributed by atoms with Gasteiger partial charge in [-0.15, -0.1) is 11.3 Å². The van der Waals surface area contributed by atoms with E-state index in [4.69, 9.17) is 4.74 Å². The first-order chi connectivity index (χ1) is 13.5. The van der Waals surface area contributed by atoms with Gasteiger partial charge >= 0.3 is 5.97 Å². The van der Waals surface area contributed by atoms with Crippen LogP contribution >= 0.6 is 11.3 Å². The predicted molar refractivity (Wildman–Crippen MR) is 112 cm³/mol. The molecule has 2 N–H and O–H groups in total. The molecule has 0 bridgehead atoms. The van der Waals surface area contributed by atoms with Crippen LogP contribution in [0, 0.1) is 19.8 Å². The lowest BCUT2D eigenvalue weighted by Gasteiger charge is -2.28. The first-order valence-corrected chi connectivity index (χ1v) is 10.8. The van der Waals surface area contributed by atoms with Crippen LogP contribution in [0.25, 0.3) is 0 Å². The first kappa shape index (κ1) is 20.6. The van der Waals surface area contributed by atoms with Crippen molar-refractivity contribution in [2.75, 3.05) is 25.0 Å². The van der Waals surface area contributed by atoms with Crippen molar-refractivity contribution in [3.05, 3.63) is 51.9 Å². The Morgan fingerprint density at radius 3 is 2.50 bits per heavy atom. The third-order valence-corrected chi connectivity index (χ3v) is 6.68. The molecule has 0 atom stereocenters. The summed E-state index contributed by atoms with van der Waals surface area (Å²) >= 11 is 1.65. The summed E-state index contributed by atoms with van der Waals surface area (Å²) in [5, 5.41) is 4.06. The zero-order valence-corrected chi connectivity index (χ0v) is 17.7. The molecule has 2 aromatic rings. The van der Waals surface area contributed by atoms with Gasteiger partial charge in [-0.2, -0.15) is 0 Å². The van der Waals surface area contributed by atoms with Crippen LogP contribution in [0.3, 0.4) is 0 Å². The maximum Gasteiger partial charge on any atom is 0.309 e. The Balaban J connectivity index is 1.66. The van der Waals surface area contributed by atoms with Crippen LogP contribution in [-0.2, 0) is 16.1 Å². The van der Waals surface area contributed by atoms with Crippen LogP contribution in [0.5, 0.6) is 0 Å². The molecule has 3 rings (SSSR count). The molecule has 1 saturated heterocycles. The predicted octanol–water partition coefficient (Wildman–Crippen LogP) is 2.98. The topological polar surface area (TPSA) is 59.8 Å². The van der Waals surface area contributed by atoms with Crippen molar-refractivity contribution in [3.8, 4) is 0 Å². The highest BCUT2D eigenvalue weighted by Crippen LogP contribution is 2.32. The number of piperidine rings is 1. The number of thiophene rings is 1. The summed E-state index contributed by atoms with van der Waals surface area (Å²) in [6, 6.07) is 9.31. The van der Waals surface area contributed by atoms with Crippen molar-refractivity contribution in [3.63, 3.8) is 0 Å². The number of anilines is 1. The fourth-order valence-electron chi connectivity index (χ4n) is 3.70. The number of ether oxygens (including phenoxy) is 1. The number of nitrogens with one attached hydrogen (secondary N) is 2. The highest BCUT2D eigenvalue weighted by molar-refractivity contribution is 7.16. The zero-order valence-electron chi connectivity index (χ0n) is 16.8. The molecule has 150 valence electrons. The van der Waals surface area contributed by atoms with E-state index in [0.29, 0.717) is 12.2 Å². The van der Waals surface area contributed by atoms with Crippen LogP contribution in [0.4, 0.5) is 5.00 Å². The largest absolute Gasteiger partial charge is 0.466 e. The lowest BCUT2D eigenvalue weighted by molar-refractivity contribution is -0.919. The Morgan fingerprint density at radius 2 is 1.86 bits per heavy atom. The fraction of sp³-hybridized carbons (Fsp3) is 0.455. The molecule has 0 aliphatic carbocycles. The Bertz CT molecular complexity index is 824. The fourth-order valence-corrected chi connectivity index (χ4v) is 4.78. The number of quaternary nitrogens is 1. The summed E-state index contributed by atoms with van der Waals surface area (Å²) in [5.74, 6) is -0.0923. The number of carbonyl (C=O) groups is 2. The van der Waals surface area contributed by atoms with E-state index in [1.54, 1.807) is 11.3 Å². The van der Waals surface area contributed by atoms with Crippen LogP contribution in [-0.4, -0.2) is 31.6 Å². The van der Waals surface area contributed by atoms with Gasteiger partial charge in [0.1, 0.15) is 11.5 Å². The molecule has 6 heteroatoms. The van der Waals surface area contributed by atoms with Gasteiger partial charge in [-0.25, -0.2) is 0 Å². The summed E-state index contributed by atoms with van der Waals surface area (Å²) in [6.07, 6.45) is 1.73. The maximum absolute atomic E-state index is 12.6. The third kappa shape index (κ3) is 4.80. The molecule has 1 amide bonds. The average molecular weight is 402 g/mol. The Morgan fingerprint density at radius 1 is 1.18 bits per heavy atom. The number of aryl methyl sites for hydroxylation is 1. The third-order valence-electron chi connectivity index (χ3n) is 5.51. The van der Waals surface area contributed by atoms with E-state index in [1.165, 1.54) is 20.9 Å². The normalized spacial score (nSPS) is 19.2. The number of esters is 1. The quantitative estimate of drug-likeness (QED) is 0.732. The molecule has 0 spiro atoms. The molecule has 1 aliphatic rings. The highest BCUT2D eigenvalue weighted by Gasteiger charge is 2.29. The van der Waals surface area contributed by atoms with E-state index in [9.17, 15) is 9.59 Å². The van der Waals surface area contributed by atoms with Gasteiger partial charge in [-0.05, 0) is 38.5 Å². The van der Waals surface area contributed by atoms with Crippen molar-refractivity contribution in [2.45, 2.75) is 40.2 Å². The zero-order chi connectivity index (χ0) is 20.1. The first-order valence-electron chi connectivity index (χ1n) is 9.95. The minimum Gasteiger partial charge on any atom is -0.466 e. The monoisotopic (exact) mass is 401 g/mol. The van der Waals surface area contributed by atoms with E-state index in [1.807, 2.05) is 37.3 Å². The molecule has 0 unspecified atom stereocenters. The maximum atomic E-state index is 12.6. The Hall–Kier alpha value is -2.18. The van der Waals surface area contributed by atoms with Gasteiger partial charge in [0, 0.05) is 28.8 Å². The van der Waals surface area contributed by atoms with E-state index in [-0.39, 0.29) is 17.8 Å². The van der Waals surface area contributed by atoms with Gasteiger partial charge in [-0.1, -0.05) is 18.2 Å². The van der Waals surface area contributed by atoms with E-state index >= 15 is 0 Å². The van der Waals surface area contributed by atoms with E-state index in [0.717, 1.165) is 37.5 Å². The van der Waals surface area contributed by atoms with E-state index < -0.39 is 0 Å². The molecular formula is C22H29N2O3S+. The van der Waals surface area contributed by atoms with Crippen molar-refractivity contribution in [2.24, 2.45) is 5.92 Å². The van der Waals surface area contributed by atoms with Gasteiger partial charge in [0.05, 0.1) is 25.6 Å². The van der Waals surface area contributed by atoms with Crippen molar-refractivity contribution in [1.29, 1.82) is 0 Å². The van der Waals surface area contributed by atoms with Crippen LogP contribution in [0.15, 0.2) is 30.3 Å².